The lowest BCUT2D eigenvalue weighted by Crippen LogP contribution is -2.23. The Morgan fingerprint density at radius 2 is 1.72 bits per heavy atom. The quantitative estimate of drug-likeness (QED) is 0.652. The first-order chi connectivity index (χ1) is 14.0. The molecule has 0 heterocycles. The minimum Gasteiger partial charge on any atom is -0.340 e. The molecule has 29 heavy (non-hydrogen) atoms. The second kappa shape index (κ2) is 7.10. The topological polar surface area (TPSA) is 60.7 Å². The monoisotopic (exact) mass is 386 g/mol. The number of allylic oxidation sites excluding steroid dienone is 5. The van der Waals surface area contributed by atoms with Crippen LogP contribution < -0.4 is 0 Å². The van der Waals surface area contributed by atoms with Crippen LogP contribution in [0.25, 0.3) is 17.2 Å². The minimum atomic E-state index is -2.82. The second-order valence-corrected chi connectivity index (χ2v) is 8.52. The summed E-state index contributed by atoms with van der Waals surface area (Å²) in [5.41, 5.74) is 7.29. The number of aliphatic hydroxyl groups is 3. The Morgan fingerprint density at radius 3 is 2.52 bits per heavy atom. The van der Waals surface area contributed by atoms with E-state index in [9.17, 15) is 15.3 Å². The molecule has 0 radical (unpaired) electrons. The van der Waals surface area contributed by atoms with Crippen molar-refractivity contribution in [1.29, 1.82) is 0 Å². The highest BCUT2D eigenvalue weighted by Gasteiger charge is 2.28. The van der Waals surface area contributed by atoms with Crippen LogP contribution in [0.5, 0.6) is 0 Å². The molecule has 3 heteroatoms. The molecule has 3 aliphatic carbocycles. The van der Waals surface area contributed by atoms with Crippen LogP contribution in [0.2, 0.25) is 0 Å². The maximum atomic E-state index is 9.45. The minimum absolute atomic E-state index is 0.0679. The van der Waals surface area contributed by atoms with Crippen LogP contribution >= 0.6 is 0 Å². The predicted octanol–water partition coefficient (Wildman–Crippen LogP) is 4.95. The van der Waals surface area contributed by atoms with Crippen LogP contribution in [0.4, 0.5) is 0 Å². The predicted molar refractivity (Wildman–Crippen MR) is 116 cm³/mol. The smallest absolute Gasteiger partial charge is 0.304 e. The Labute approximate surface area is 171 Å². The summed E-state index contributed by atoms with van der Waals surface area (Å²) in [6, 6.07) is 13.6. The lowest BCUT2D eigenvalue weighted by atomic mass is 9.86. The van der Waals surface area contributed by atoms with Crippen molar-refractivity contribution >= 4 is 17.2 Å². The molecule has 0 amide bonds. The van der Waals surface area contributed by atoms with E-state index in [4.69, 9.17) is 0 Å². The van der Waals surface area contributed by atoms with Gasteiger partial charge >= 0.3 is 5.97 Å². The van der Waals surface area contributed by atoms with Gasteiger partial charge in [0.2, 0.25) is 0 Å². The van der Waals surface area contributed by atoms with Crippen molar-refractivity contribution in [3.05, 3.63) is 88.5 Å². The molecule has 0 aromatic heterocycles. The molecule has 148 valence electrons. The Balaban J connectivity index is 1.39. The third-order valence-corrected chi connectivity index (χ3v) is 6.66. The Hall–Kier alpha value is -2.46. The summed E-state index contributed by atoms with van der Waals surface area (Å²) in [6.07, 6.45) is 15.3. The van der Waals surface area contributed by atoms with Gasteiger partial charge < -0.3 is 15.3 Å². The molecule has 0 bridgehead atoms. The lowest BCUT2D eigenvalue weighted by Gasteiger charge is -2.18. The molecule has 0 spiro atoms. The van der Waals surface area contributed by atoms with Gasteiger partial charge in [0.15, 0.2) is 0 Å². The zero-order chi connectivity index (χ0) is 20.0. The van der Waals surface area contributed by atoms with Crippen molar-refractivity contribution in [2.75, 3.05) is 0 Å². The van der Waals surface area contributed by atoms with Gasteiger partial charge in [0, 0.05) is 11.5 Å². The zero-order valence-electron chi connectivity index (χ0n) is 16.4. The third-order valence-electron chi connectivity index (χ3n) is 6.66. The van der Waals surface area contributed by atoms with Crippen molar-refractivity contribution in [3.8, 4) is 0 Å². The summed E-state index contributed by atoms with van der Waals surface area (Å²) < 4.78 is 0. The van der Waals surface area contributed by atoms with E-state index in [1.807, 2.05) is 6.07 Å². The third kappa shape index (κ3) is 3.51. The normalized spacial score (nSPS) is 21.4. The summed E-state index contributed by atoms with van der Waals surface area (Å²) in [7, 11) is 0. The second-order valence-electron chi connectivity index (χ2n) is 8.52. The number of rotatable bonds is 4. The van der Waals surface area contributed by atoms with Crippen molar-refractivity contribution in [1.82, 2.24) is 0 Å². The first-order valence-electron chi connectivity index (χ1n) is 10.5. The van der Waals surface area contributed by atoms with Gasteiger partial charge in [-0.15, -0.1) is 0 Å². The zero-order valence-corrected chi connectivity index (χ0v) is 16.4. The molecular weight excluding hydrogens is 360 g/mol. The van der Waals surface area contributed by atoms with E-state index in [1.165, 1.54) is 54.0 Å². The first-order valence-corrected chi connectivity index (χ1v) is 10.5. The fourth-order valence-electron chi connectivity index (χ4n) is 5.10. The van der Waals surface area contributed by atoms with E-state index in [1.54, 1.807) is 12.1 Å². The fourth-order valence-corrected chi connectivity index (χ4v) is 5.10. The molecule has 2 aromatic rings. The Kier molecular flexibility index (Phi) is 4.54. The molecule has 1 atom stereocenters. The highest BCUT2D eigenvalue weighted by atomic mass is 16.7. The molecule has 1 unspecified atom stereocenters. The van der Waals surface area contributed by atoms with Crippen molar-refractivity contribution in [3.63, 3.8) is 0 Å². The molecule has 0 aliphatic heterocycles. The van der Waals surface area contributed by atoms with E-state index >= 15 is 0 Å². The van der Waals surface area contributed by atoms with Gasteiger partial charge in [-0.2, -0.15) is 0 Å². The molecule has 1 saturated carbocycles. The van der Waals surface area contributed by atoms with Gasteiger partial charge in [-0.05, 0) is 70.7 Å². The van der Waals surface area contributed by atoms with Crippen LogP contribution in [0, 0.1) is 5.92 Å². The average Bonchev–Trinajstić information content (AvgIpc) is 3.46. The SMILES string of the molecule is OC(O)(O)c1cccc(C2=CCC(c3ccc4c(c3)C=CC4C3CCCC3)=C2)c1. The van der Waals surface area contributed by atoms with Gasteiger partial charge in [0.1, 0.15) is 0 Å². The molecule has 3 aliphatic rings. The van der Waals surface area contributed by atoms with E-state index in [2.05, 4.69) is 42.5 Å². The van der Waals surface area contributed by atoms with Crippen LogP contribution in [-0.2, 0) is 5.97 Å². The van der Waals surface area contributed by atoms with Crippen molar-refractivity contribution in [2.45, 2.75) is 44.0 Å². The molecule has 5 rings (SSSR count). The van der Waals surface area contributed by atoms with Gasteiger partial charge in [-0.1, -0.05) is 67.5 Å². The van der Waals surface area contributed by atoms with Crippen LogP contribution in [0.15, 0.2) is 60.7 Å². The van der Waals surface area contributed by atoms with E-state index in [-0.39, 0.29) is 5.56 Å². The van der Waals surface area contributed by atoms with E-state index in [0.29, 0.717) is 5.92 Å². The molecule has 1 fully saturated rings. The van der Waals surface area contributed by atoms with Gasteiger partial charge in [0.05, 0.1) is 0 Å². The van der Waals surface area contributed by atoms with Crippen LogP contribution in [-0.4, -0.2) is 15.3 Å². The van der Waals surface area contributed by atoms with Gasteiger partial charge in [-0.3, -0.25) is 0 Å². The molecule has 0 saturated heterocycles. The van der Waals surface area contributed by atoms with Crippen LogP contribution in [0.3, 0.4) is 0 Å². The fraction of sp³-hybridized carbons (Fsp3) is 0.308. The maximum Gasteiger partial charge on any atom is 0.304 e. The number of fused-ring (bicyclic) bond motifs is 1. The summed E-state index contributed by atoms with van der Waals surface area (Å²) in [5.74, 6) is -1.42. The maximum absolute atomic E-state index is 9.45. The number of benzene rings is 2. The summed E-state index contributed by atoms with van der Waals surface area (Å²) >= 11 is 0. The van der Waals surface area contributed by atoms with Gasteiger partial charge in [0.25, 0.3) is 0 Å². The summed E-state index contributed by atoms with van der Waals surface area (Å²) in [6.45, 7) is 0. The molecular formula is C26H26O3. The average molecular weight is 386 g/mol. The Morgan fingerprint density at radius 1 is 0.897 bits per heavy atom. The summed E-state index contributed by atoms with van der Waals surface area (Å²) in [4.78, 5) is 0. The van der Waals surface area contributed by atoms with Crippen molar-refractivity contribution < 1.29 is 15.3 Å². The van der Waals surface area contributed by atoms with E-state index in [0.717, 1.165) is 23.5 Å². The number of hydrogen-bond acceptors (Lipinski definition) is 3. The highest BCUT2D eigenvalue weighted by molar-refractivity contribution is 5.90. The standard InChI is InChI=1S/C26H26O3/c27-26(28,29)23-7-3-6-18(16-23)19-8-9-20(14-19)21-10-12-25-22(15-21)11-13-24(25)17-4-1-2-5-17/h3,6-8,10-17,24,27-29H,1-2,4-5,9H2. The van der Waals surface area contributed by atoms with E-state index < -0.39 is 5.97 Å². The highest BCUT2D eigenvalue weighted by Crippen LogP contribution is 2.44. The number of hydrogen-bond donors (Lipinski definition) is 3. The molecule has 3 nitrogen and oxygen atoms in total. The lowest BCUT2D eigenvalue weighted by molar-refractivity contribution is -0.323. The van der Waals surface area contributed by atoms with Crippen molar-refractivity contribution in [2.24, 2.45) is 5.92 Å². The van der Waals surface area contributed by atoms with Gasteiger partial charge in [-0.25, -0.2) is 0 Å². The molecule has 3 N–H and O–H groups in total. The largest absolute Gasteiger partial charge is 0.340 e. The summed E-state index contributed by atoms with van der Waals surface area (Å²) in [5, 5.41) is 28.3. The Bertz CT molecular complexity index is 1030. The molecule has 2 aromatic carbocycles. The first kappa shape index (κ1) is 18.6. The van der Waals surface area contributed by atoms with Crippen LogP contribution in [0.1, 0.15) is 65.8 Å².